The van der Waals surface area contributed by atoms with Gasteiger partial charge < -0.3 is 94.7 Å². The average molecular weight is 1040 g/mol. The Kier molecular flexibility index (Phi) is 40.8. The molecule has 0 amide bonds. The second kappa shape index (κ2) is 44.3. The number of benzene rings is 1. The summed E-state index contributed by atoms with van der Waals surface area (Å²) in [4.78, 5) is 0. The van der Waals surface area contributed by atoms with Crippen molar-refractivity contribution in [3.05, 3.63) is 21.3 Å². The van der Waals surface area contributed by atoms with Crippen LogP contribution in [-0.2, 0) is 85.3 Å². The largest absolute Gasteiger partial charge is 0.485 e. The zero-order valence-electron chi connectivity index (χ0n) is 38.6. The summed E-state index contributed by atoms with van der Waals surface area (Å²) in [5, 5.41) is 0. The summed E-state index contributed by atoms with van der Waals surface area (Å²) < 4.78 is 114. The topological polar surface area (TPSA) is 185 Å². The lowest BCUT2D eigenvalue weighted by Gasteiger charge is -2.25. The predicted octanol–water partition coefficient (Wildman–Crippen LogP) is 2.62. The van der Waals surface area contributed by atoms with E-state index < -0.39 is 18.5 Å². The van der Waals surface area contributed by atoms with E-state index in [0.29, 0.717) is 189 Å². The summed E-state index contributed by atoms with van der Waals surface area (Å²) in [6.45, 7) is 12.8. The van der Waals surface area contributed by atoms with Gasteiger partial charge in [-0.1, -0.05) is 0 Å². The van der Waals surface area contributed by atoms with Crippen LogP contribution < -0.4 is 9.47 Å². The molecule has 1 aliphatic heterocycles. The van der Waals surface area contributed by atoms with Crippen LogP contribution in [0.5, 0.6) is 11.5 Å². The first kappa shape index (κ1) is 59.0. The van der Waals surface area contributed by atoms with Gasteiger partial charge >= 0.3 is 0 Å². The smallest absolute Gasteiger partial charge is 0.187 e. The molecule has 1 aromatic rings. The number of rotatable bonds is 49. The highest BCUT2D eigenvalue weighted by molar-refractivity contribution is 14.1. The van der Waals surface area contributed by atoms with Gasteiger partial charge in [-0.3, -0.25) is 0 Å². The zero-order valence-corrected chi connectivity index (χ0v) is 40.8. The summed E-state index contributed by atoms with van der Waals surface area (Å²) in [6.07, 6.45) is -1.64. The molecule has 0 radical (unpaired) electrons. The van der Waals surface area contributed by atoms with Crippen LogP contribution in [-0.4, -0.2) is 239 Å². The molecule has 1 aliphatic rings. The number of methoxy groups -OCH3 is 4. The van der Waals surface area contributed by atoms with Gasteiger partial charge in [0.1, 0.15) is 23.7 Å². The van der Waals surface area contributed by atoms with E-state index in [9.17, 15) is 0 Å². The lowest BCUT2D eigenvalue weighted by molar-refractivity contribution is -0.0547. The normalized spacial score (nSPS) is 13.3. The minimum atomic E-state index is -0.673. The van der Waals surface area contributed by atoms with Gasteiger partial charge in [-0.2, -0.15) is 0 Å². The van der Waals surface area contributed by atoms with Crippen molar-refractivity contribution >= 4 is 22.6 Å². The van der Waals surface area contributed by atoms with Crippen molar-refractivity contribution in [2.45, 2.75) is 18.5 Å². The van der Waals surface area contributed by atoms with Gasteiger partial charge in [0.05, 0.1) is 207 Å². The third-order valence-corrected chi connectivity index (χ3v) is 9.29. The highest BCUT2D eigenvalue weighted by atomic mass is 127. The van der Waals surface area contributed by atoms with Gasteiger partial charge in [0.2, 0.25) is 0 Å². The Morgan fingerprint density at radius 2 is 0.656 bits per heavy atom. The van der Waals surface area contributed by atoms with Gasteiger partial charge in [0.25, 0.3) is 0 Å². The van der Waals surface area contributed by atoms with Crippen LogP contribution in [0.1, 0.15) is 11.9 Å². The Balaban J connectivity index is 2.07. The molecule has 0 atom stereocenters. The average Bonchev–Trinajstić information content (AvgIpc) is 3.84. The van der Waals surface area contributed by atoms with Crippen LogP contribution in [0.3, 0.4) is 0 Å². The van der Waals surface area contributed by atoms with Gasteiger partial charge in [0, 0.05) is 28.4 Å². The quantitative estimate of drug-likeness (QED) is 0.0685. The first-order valence-electron chi connectivity index (χ1n) is 21.9. The fourth-order valence-electron chi connectivity index (χ4n) is 5.24. The zero-order chi connectivity index (χ0) is 45.8. The lowest BCUT2D eigenvalue weighted by atomic mass is 10.1. The van der Waals surface area contributed by atoms with Gasteiger partial charge in [0.15, 0.2) is 6.29 Å². The molecule has 1 saturated heterocycles. The highest BCUT2D eigenvalue weighted by Crippen LogP contribution is 2.38. The molecule has 0 aliphatic carbocycles. The first-order valence-corrected chi connectivity index (χ1v) is 23.0. The number of ether oxygens (including phenoxy) is 20. The van der Waals surface area contributed by atoms with Crippen molar-refractivity contribution in [3.8, 4) is 11.5 Å². The molecule has 0 aromatic heterocycles. The number of hydrogen-bond donors (Lipinski definition) is 0. The molecule has 2 rings (SSSR count). The predicted molar refractivity (Wildman–Crippen MR) is 240 cm³/mol. The molecule has 1 aromatic carbocycles. The molecule has 0 spiro atoms. The fourth-order valence-corrected chi connectivity index (χ4v) is 5.81. The molecule has 0 bridgehead atoms. The van der Waals surface area contributed by atoms with Crippen molar-refractivity contribution in [1.82, 2.24) is 0 Å². The van der Waals surface area contributed by atoms with E-state index in [2.05, 4.69) is 22.6 Å². The van der Waals surface area contributed by atoms with E-state index in [0.717, 1.165) is 3.57 Å². The van der Waals surface area contributed by atoms with Crippen LogP contribution in [0.2, 0.25) is 0 Å². The van der Waals surface area contributed by atoms with Gasteiger partial charge in [-0.25, -0.2) is 0 Å². The van der Waals surface area contributed by atoms with E-state index in [1.165, 1.54) is 0 Å². The van der Waals surface area contributed by atoms with Crippen molar-refractivity contribution < 1.29 is 94.7 Å². The Labute approximate surface area is 393 Å². The molecular formula is C43H77IO20. The molecule has 0 N–H and O–H groups in total. The molecule has 20 nitrogen and oxygen atoms in total. The number of halogens is 1. The van der Waals surface area contributed by atoms with Crippen molar-refractivity contribution in [3.63, 3.8) is 0 Å². The molecule has 64 heavy (non-hydrogen) atoms. The summed E-state index contributed by atoms with van der Waals surface area (Å²) in [5.41, 5.74) is 0.661. The second-order valence-corrected chi connectivity index (χ2v) is 14.7. The molecule has 0 unspecified atom stereocenters. The van der Waals surface area contributed by atoms with E-state index in [1.54, 1.807) is 28.4 Å². The highest BCUT2D eigenvalue weighted by Gasteiger charge is 2.27. The first-order chi connectivity index (χ1) is 31.6. The van der Waals surface area contributed by atoms with E-state index >= 15 is 0 Å². The second-order valence-electron chi connectivity index (χ2n) is 13.5. The minimum Gasteiger partial charge on any atom is -0.485 e. The van der Waals surface area contributed by atoms with Crippen molar-refractivity contribution in [1.29, 1.82) is 0 Å². The van der Waals surface area contributed by atoms with Crippen molar-refractivity contribution in [2.24, 2.45) is 0 Å². The van der Waals surface area contributed by atoms with Gasteiger partial charge in [-0.05, 0) is 34.7 Å². The summed E-state index contributed by atoms with van der Waals surface area (Å²) in [7, 11) is 6.54. The molecule has 21 heteroatoms. The van der Waals surface area contributed by atoms with E-state index in [1.807, 2.05) is 12.1 Å². The van der Waals surface area contributed by atoms with Crippen LogP contribution in [0.4, 0.5) is 0 Å². The molecule has 1 heterocycles. The standard InChI is InChI=1S/C43H77IO20/c1-45-5-9-49-13-17-53-21-25-57-33-37(34-58-26-22-54-18-14-50-10-6-46-2)63-41-32-40(44)42(31-39(41)43-61-29-30-62-43)64-38(35-59-27-23-55-19-15-51-11-7-47-3)36-60-28-24-56-20-16-52-12-8-48-4/h31-32,37-38,43H,5-30,33-36H2,1-4H3. The maximum Gasteiger partial charge on any atom is 0.187 e. The van der Waals surface area contributed by atoms with Crippen molar-refractivity contribution in [2.75, 3.05) is 227 Å². The molecule has 376 valence electrons. The maximum absolute atomic E-state index is 6.62. The third kappa shape index (κ3) is 32.5. The summed E-state index contributed by atoms with van der Waals surface area (Å²) in [6, 6.07) is 3.77. The Morgan fingerprint density at radius 3 is 0.953 bits per heavy atom. The minimum absolute atomic E-state index is 0.231. The van der Waals surface area contributed by atoms with E-state index in [-0.39, 0.29) is 26.4 Å². The molecular weight excluding hydrogens is 963 g/mol. The van der Waals surface area contributed by atoms with Crippen LogP contribution >= 0.6 is 22.6 Å². The Hall–Kier alpha value is -1.17. The third-order valence-electron chi connectivity index (χ3n) is 8.45. The van der Waals surface area contributed by atoms with Crippen LogP contribution in [0.15, 0.2) is 12.1 Å². The SMILES string of the molecule is COCCOCCOCCOCC(COCCOCCOCCOC)Oc1cc(C2OCCO2)c(OC(COCCOCCOCCOC)COCCOCCOCCOC)cc1I. The maximum atomic E-state index is 6.62. The fraction of sp³-hybridized carbons (Fsp3) is 0.860. The Bertz CT molecular complexity index is 1110. The summed E-state index contributed by atoms with van der Waals surface area (Å²) in [5.74, 6) is 1.13. The lowest BCUT2D eigenvalue weighted by Crippen LogP contribution is -2.31. The van der Waals surface area contributed by atoms with E-state index in [4.69, 9.17) is 94.7 Å². The molecule has 0 saturated carbocycles. The summed E-state index contributed by atoms with van der Waals surface area (Å²) >= 11 is 2.23. The number of hydrogen-bond acceptors (Lipinski definition) is 20. The molecule has 1 fully saturated rings. The van der Waals surface area contributed by atoms with Crippen LogP contribution in [0.25, 0.3) is 0 Å². The Morgan fingerprint density at radius 1 is 0.391 bits per heavy atom. The monoisotopic (exact) mass is 1040 g/mol. The van der Waals surface area contributed by atoms with Gasteiger partial charge in [-0.15, -0.1) is 0 Å². The van der Waals surface area contributed by atoms with Crippen LogP contribution in [0, 0.1) is 3.57 Å².